The second kappa shape index (κ2) is 17.4. The number of piperidine rings is 1. The number of imide groups is 1. The lowest BCUT2D eigenvalue weighted by molar-refractivity contribution is -0.135. The van der Waals surface area contributed by atoms with Crippen molar-refractivity contribution in [1.29, 1.82) is 0 Å². The summed E-state index contributed by atoms with van der Waals surface area (Å²) in [7, 11) is 1.66. The molecule has 3 aliphatic heterocycles. The Hall–Kier alpha value is -6.59. The van der Waals surface area contributed by atoms with Crippen LogP contribution < -0.4 is 31.3 Å². The van der Waals surface area contributed by atoms with E-state index in [0.717, 1.165) is 62.0 Å². The summed E-state index contributed by atoms with van der Waals surface area (Å²) in [5.41, 5.74) is 5.14. The third kappa shape index (κ3) is 8.63. The van der Waals surface area contributed by atoms with Gasteiger partial charge in [0.25, 0.3) is 5.91 Å². The minimum Gasteiger partial charge on any atom is -0.492 e. The number of aromatic nitrogens is 4. The molecule has 0 saturated carbocycles. The summed E-state index contributed by atoms with van der Waals surface area (Å²) in [6.07, 6.45) is 2.38. The Labute approximate surface area is 355 Å². The summed E-state index contributed by atoms with van der Waals surface area (Å²) < 4.78 is 42.5. The molecular formula is C45H47F2N9O6. The summed E-state index contributed by atoms with van der Waals surface area (Å²) in [5.74, 6) is -1.43. The van der Waals surface area contributed by atoms with Gasteiger partial charge in [-0.05, 0) is 91.4 Å². The minimum absolute atomic E-state index is 0.139. The van der Waals surface area contributed by atoms with Gasteiger partial charge in [-0.1, -0.05) is 6.07 Å². The quantitative estimate of drug-likeness (QED) is 0.122. The zero-order valence-corrected chi connectivity index (χ0v) is 34.2. The first-order valence-electron chi connectivity index (χ1n) is 20.9. The molecule has 4 N–H and O–H groups in total. The van der Waals surface area contributed by atoms with Crippen LogP contribution in [0.1, 0.15) is 53.2 Å². The Kier molecular flexibility index (Phi) is 11.5. The van der Waals surface area contributed by atoms with Gasteiger partial charge in [0.05, 0.1) is 22.1 Å². The molecule has 0 spiro atoms. The first kappa shape index (κ1) is 40.8. The van der Waals surface area contributed by atoms with Crippen molar-refractivity contribution in [1.82, 2.24) is 29.5 Å². The molecule has 3 saturated heterocycles. The number of fused-ring (bicyclic) bond motifs is 2. The number of H-pyrrole nitrogens is 1. The molecule has 3 aliphatic rings. The van der Waals surface area contributed by atoms with Crippen molar-refractivity contribution in [2.75, 3.05) is 68.1 Å². The van der Waals surface area contributed by atoms with Crippen molar-refractivity contribution in [2.45, 2.75) is 44.2 Å². The van der Waals surface area contributed by atoms with Gasteiger partial charge in [0, 0.05) is 94.3 Å². The van der Waals surface area contributed by atoms with E-state index in [0.29, 0.717) is 77.4 Å². The van der Waals surface area contributed by atoms with Gasteiger partial charge < -0.3 is 25.0 Å². The molecule has 3 amide bonds. The Morgan fingerprint density at radius 3 is 2.45 bits per heavy atom. The maximum atomic E-state index is 14.0. The van der Waals surface area contributed by atoms with E-state index in [-0.39, 0.29) is 36.4 Å². The van der Waals surface area contributed by atoms with Gasteiger partial charge in [-0.3, -0.25) is 38.8 Å². The highest BCUT2D eigenvalue weighted by molar-refractivity contribution is 6.11. The van der Waals surface area contributed by atoms with E-state index in [1.165, 1.54) is 21.3 Å². The van der Waals surface area contributed by atoms with E-state index in [9.17, 15) is 28.0 Å². The van der Waals surface area contributed by atoms with Crippen LogP contribution in [0.25, 0.3) is 21.9 Å². The number of anilines is 3. The average Bonchev–Trinajstić information content (AvgIpc) is 3.76. The van der Waals surface area contributed by atoms with Crippen molar-refractivity contribution in [3.8, 4) is 5.75 Å². The second-order valence-corrected chi connectivity index (χ2v) is 16.1. The molecule has 0 aliphatic carbocycles. The van der Waals surface area contributed by atoms with Gasteiger partial charge >= 0.3 is 5.69 Å². The summed E-state index contributed by atoms with van der Waals surface area (Å²) in [5, 5.41) is 17.0. The normalized spacial score (nSPS) is 17.7. The number of piperazine rings is 1. The number of aryl methyl sites for hydroxylation is 1. The first-order valence-corrected chi connectivity index (χ1v) is 20.9. The largest absolute Gasteiger partial charge is 0.492 e. The third-order valence-electron chi connectivity index (χ3n) is 12.0. The molecule has 5 heterocycles. The van der Waals surface area contributed by atoms with E-state index in [2.05, 4.69) is 35.9 Å². The van der Waals surface area contributed by atoms with Crippen LogP contribution >= 0.6 is 0 Å². The molecule has 4 aromatic carbocycles. The van der Waals surface area contributed by atoms with Crippen LogP contribution in [-0.2, 0) is 27.8 Å². The topological polar surface area (TPSA) is 168 Å². The van der Waals surface area contributed by atoms with Gasteiger partial charge in [0.1, 0.15) is 30.0 Å². The molecule has 6 aromatic rings. The number of nitrogens with one attached hydrogen (secondary N) is 4. The highest BCUT2D eigenvalue weighted by Crippen LogP contribution is 2.30. The number of hydrogen-bond acceptors (Lipinski definition) is 10. The van der Waals surface area contributed by atoms with Gasteiger partial charge in [0.15, 0.2) is 5.82 Å². The fraction of sp³-hybridized carbons (Fsp3) is 0.356. The number of hydrogen-bond donors (Lipinski definition) is 4. The lowest BCUT2D eigenvalue weighted by Gasteiger charge is -2.36. The smallest absolute Gasteiger partial charge is 0.329 e. The van der Waals surface area contributed by atoms with Crippen LogP contribution in [0.4, 0.5) is 26.0 Å². The molecular weight excluding hydrogens is 801 g/mol. The van der Waals surface area contributed by atoms with Crippen molar-refractivity contribution in [3.63, 3.8) is 0 Å². The molecule has 15 nitrogen and oxygen atoms in total. The maximum absolute atomic E-state index is 14.0. The number of ether oxygens (including phenoxy) is 2. The van der Waals surface area contributed by atoms with Crippen LogP contribution in [0.2, 0.25) is 0 Å². The predicted octanol–water partition coefficient (Wildman–Crippen LogP) is 5.11. The summed E-state index contributed by atoms with van der Waals surface area (Å²) in [6, 6.07) is 19.7. The Balaban J connectivity index is 0.841. The molecule has 322 valence electrons. The molecule has 2 aromatic heterocycles. The Morgan fingerprint density at radius 1 is 0.887 bits per heavy atom. The van der Waals surface area contributed by atoms with E-state index in [1.54, 1.807) is 25.2 Å². The first-order chi connectivity index (χ1) is 30.1. The van der Waals surface area contributed by atoms with E-state index < -0.39 is 23.6 Å². The number of carbonyl (C=O) groups is 3. The zero-order valence-electron chi connectivity index (χ0n) is 34.2. The lowest BCUT2D eigenvalue weighted by atomic mass is 10.0. The van der Waals surface area contributed by atoms with Crippen LogP contribution in [0, 0.1) is 11.6 Å². The monoisotopic (exact) mass is 847 g/mol. The van der Waals surface area contributed by atoms with Crippen molar-refractivity contribution >= 4 is 56.9 Å². The number of carbonyl (C=O) groups excluding carboxylic acids is 3. The van der Waals surface area contributed by atoms with Gasteiger partial charge in [-0.2, -0.15) is 5.10 Å². The Morgan fingerprint density at radius 2 is 1.68 bits per heavy atom. The molecule has 1 atom stereocenters. The van der Waals surface area contributed by atoms with Gasteiger partial charge in [-0.15, -0.1) is 0 Å². The summed E-state index contributed by atoms with van der Waals surface area (Å²) >= 11 is 0. The second-order valence-electron chi connectivity index (χ2n) is 16.1. The fourth-order valence-electron chi connectivity index (χ4n) is 8.68. The van der Waals surface area contributed by atoms with Crippen molar-refractivity contribution in [3.05, 3.63) is 112 Å². The van der Waals surface area contributed by atoms with Crippen molar-refractivity contribution in [2.24, 2.45) is 7.05 Å². The summed E-state index contributed by atoms with van der Waals surface area (Å²) in [4.78, 5) is 56.1. The molecule has 0 radical (unpaired) electrons. The lowest BCUT2D eigenvalue weighted by Crippen LogP contribution is -2.47. The molecule has 62 heavy (non-hydrogen) atoms. The number of benzene rings is 4. The van der Waals surface area contributed by atoms with E-state index in [4.69, 9.17) is 9.47 Å². The van der Waals surface area contributed by atoms with Gasteiger partial charge in [-0.25, -0.2) is 13.6 Å². The van der Waals surface area contributed by atoms with Crippen LogP contribution in [0.15, 0.2) is 77.6 Å². The number of nitrogens with zero attached hydrogens (tertiary/aromatic N) is 5. The number of aromatic amines is 1. The van der Waals surface area contributed by atoms with Crippen molar-refractivity contribution < 1.29 is 32.6 Å². The third-order valence-corrected chi connectivity index (χ3v) is 12.0. The molecule has 1 unspecified atom stereocenters. The highest BCUT2D eigenvalue weighted by Gasteiger charge is 2.31. The number of imidazole rings is 1. The van der Waals surface area contributed by atoms with Crippen LogP contribution in [-0.4, -0.2) is 101 Å². The molecule has 17 heteroatoms. The van der Waals surface area contributed by atoms with E-state index in [1.807, 2.05) is 36.4 Å². The van der Waals surface area contributed by atoms with Gasteiger partial charge in [0.2, 0.25) is 11.8 Å². The van der Waals surface area contributed by atoms with E-state index >= 15 is 0 Å². The number of halogens is 2. The highest BCUT2D eigenvalue weighted by atomic mass is 19.1. The average molecular weight is 848 g/mol. The maximum Gasteiger partial charge on any atom is 0.329 e. The molecule has 0 bridgehead atoms. The minimum atomic E-state index is -0.748. The fourth-order valence-corrected chi connectivity index (χ4v) is 8.68. The molecule has 3 fully saturated rings. The number of amides is 3. The zero-order chi connectivity index (χ0) is 42.9. The Bertz CT molecular complexity index is 2710. The summed E-state index contributed by atoms with van der Waals surface area (Å²) in [6.45, 7) is 5.57. The number of rotatable bonds is 12. The predicted molar refractivity (Wildman–Crippen MR) is 230 cm³/mol. The van der Waals surface area contributed by atoms with Crippen LogP contribution in [0.3, 0.4) is 0 Å². The van der Waals surface area contributed by atoms with Crippen LogP contribution in [0.5, 0.6) is 5.75 Å². The molecule has 9 rings (SSSR count). The standard InChI is InChI=1S/C45H47F2N9O6/c1-53-40-26-33(4-7-38(40)56(45(53)60)39-8-9-41(57)49-44(39)59)62-19-16-54-12-14-55(15-13-54)32-3-5-34(37(25-32)48-31-10-17-61-18-11-31)43(58)50-42-35-23-27(2-6-36(35)51-52-42)20-28-21-29(46)24-30(47)22-28/h2-7,21-26,31,39,48H,8-20H2,1H3,(H,49,57,59)(H2,50,51,52,58). The SMILES string of the molecule is Cn1c(=O)n(C2CCC(=O)NC2=O)c2ccc(OCCN3CCN(c4ccc(C(=O)Nc5n[nH]c6ccc(Cc7cc(F)cc(F)c7)cc56)c(NC5CCOCC5)c4)CC3)cc21.